The molecule has 1 atom stereocenters. The summed E-state index contributed by atoms with van der Waals surface area (Å²) in [4.78, 5) is 0. The van der Waals surface area contributed by atoms with E-state index in [2.05, 4.69) is 0 Å². The van der Waals surface area contributed by atoms with Crippen molar-refractivity contribution in [1.82, 2.24) is 0 Å². The van der Waals surface area contributed by atoms with Crippen LogP contribution in [0.2, 0.25) is 0 Å². The first-order valence-corrected chi connectivity index (χ1v) is 4.30. The van der Waals surface area contributed by atoms with Crippen molar-refractivity contribution in [1.29, 1.82) is 0 Å². The Balaban J connectivity index is 2.40. The van der Waals surface area contributed by atoms with E-state index in [-0.39, 0.29) is 6.42 Å². The number of benzene rings is 1. The molecule has 0 aromatic heterocycles. The van der Waals surface area contributed by atoms with Crippen molar-refractivity contribution >= 4 is 0 Å². The van der Waals surface area contributed by atoms with E-state index >= 15 is 0 Å². The van der Waals surface area contributed by atoms with Crippen molar-refractivity contribution in [3.63, 3.8) is 0 Å². The van der Waals surface area contributed by atoms with Gasteiger partial charge in [0.1, 0.15) is 11.4 Å². The van der Waals surface area contributed by atoms with Crippen molar-refractivity contribution in [2.45, 2.75) is 24.8 Å². The van der Waals surface area contributed by atoms with Crippen molar-refractivity contribution in [2.24, 2.45) is 5.73 Å². The molecule has 0 spiro atoms. The summed E-state index contributed by atoms with van der Waals surface area (Å²) >= 11 is 0. The molecule has 1 saturated carbocycles. The van der Waals surface area contributed by atoms with Crippen LogP contribution in [0.3, 0.4) is 0 Å². The molecule has 1 aliphatic rings. The molecule has 0 amide bonds. The number of aryl methyl sites for hydroxylation is 1. The van der Waals surface area contributed by atoms with E-state index in [4.69, 9.17) is 5.73 Å². The lowest BCUT2D eigenvalue weighted by Crippen LogP contribution is -2.27. The minimum absolute atomic E-state index is 0.307. The summed E-state index contributed by atoms with van der Waals surface area (Å²) in [5.74, 6) is -3.25. The molecule has 2 N–H and O–H groups in total. The molecule has 0 aliphatic heterocycles. The number of halogens is 3. The fraction of sp³-hybridized carbons (Fsp3) is 0.400. The second kappa shape index (κ2) is 2.51. The smallest absolute Gasteiger partial charge is 0.272 e. The summed E-state index contributed by atoms with van der Waals surface area (Å²) < 4.78 is 38.6. The van der Waals surface area contributed by atoms with E-state index in [1.165, 1.54) is 25.1 Å². The van der Waals surface area contributed by atoms with Crippen LogP contribution in [0.4, 0.5) is 13.2 Å². The van der Waals surface area contributed by atoms with Crippen LogP contribution in [0, 0.1) is 12.7 Å². The first kappa shape index (κ1) is 9.52. The zero-order valence-corrected chi connectivity index (χ0v) is 7.65. The molecule has 1 nitrogen and oxygen atoms in total. The van der Waals surface area contributed by atoms with Gasteiger partial charge in [-0.25, -0.2) is 13.2 Å². The second-order valence-electron chi connectivity index (χ2n) is 3.82. The fourth-order valence-electron chi connectivity index (χ4n) is 1.54. The van der Waals surface area contributed by atoms with E-state index in [0.29, 0.717) is 11.1 Å². The first-order chi connectivity index (χ1) is 6.37. The van der Waals surface area contributed by atoms with Gasteiger partial charge < -0.3 is 5.73 Å². The maximum absolute atomic E-state index is 12.9. The topological polar surface area (TPSA) is 26.0 Å². The number of rotatable bonds is 1. The van der Waals surface area contributed by atoms with Crippen LogP contribution in [-0.2, 0) is 5.54 Å². The molecule has 2 rings (SSSR count). The quantitative estimate of drug-likeness (QED) is 0.741. The van der Waals surface area contributed by atoms with Crippen molar-refractivity contribution in [3.05, 3.63) is 35.1 Å². The van der Waals surface area contributed by atoms with E-state index in [1.807, 2.05) is 0 Å². The van der Waals surface area contributed by atoms with Gasteiger partial charge in [-0.3, -0.25) is 0 Å². The van der Waals surface area contributed by atoms with Crippen LogP contribution in [0.5, 0.6) is 0 Å². The highest BCUT2D eigenvalue weighted by Crippen LogP contribution is 2.57. The van der Waals surface area contributed by atoms with Crippen molar-refractivity contribution < 1.29 is 13.2 Å². The maximum atomic E-state index is 12.9. The van der Waals surface area contributed by atoms with E-state index in [0.717, 1.165) is 0 Å². The molecule has 1 aromatic carbocycles. The number of hydrogen-bond acceptors (Lipinski definition) is 1. The Morgan fingerprint density at radius 1 is 1.36 bits per heavy atom. The molecular weight excluding hydrogens is 191 g/mol. The van der Waals surface area contributed by atoms with Crippen molar-refractivity contribution in [3.8, 4) is 0 Å². The third-order valence-electron chi connectivity index (χ3n) is 2.70. The van der Waals surface area contributed by atoms with Crippen LogP contribution in [-0.4, -0.2) is 5.92 Å². The number of hydrogen-bond donors (Lipinski definition) is 1. The lowest BCUT2D eigenvalue weighted by atomic mass is 10.0. The lowest BCUT2D eigenvalue weighted by Gasteiger charge is -2.11. The summed E-state index contributed by atoms with van der Waals surface area (Å²) in [5.41, 5.74) is 4.56. The van der Waals surface area contributed by atoms with Gasteiger partial charge in [0.15, 0.2) is 0 Å². The molecule has 1 fully saturated rings. The summed E-state index contributed by atoms with van der Waals surface area (Å²) in [6.07, 6.45) is -0.356. The number of alkyl halides is 2. The molecule has 0 heterocycles. The molecule has 76 valence electrons. The fourth-order valence-corrected chi connectivity index (χ4v) is 1.54. The number of nitrogens with two attached hydrogens (primary N) is 1. The largest absolute Gasteiger partial charge is 0.316 e. The second-order valence-corrected chi connectivity index (χ2v) is 3.82. The normalized spacial score (nSPS) is 28.9. The molecule has 14 heavy (non-hydrogen) atoms. The average molecular weight is 201 g/mol. The summed E-state index contributed by atoms with van der Waals surface area (Å²) in [6.45, 7) is 1.53. The Hall–Kier alpha value is -1.03. The van der Waals surface area contributed by atoms with Gasteiger partial charge in [-0.05, 0) is 24.1 Å². The first-order valence-electron chi connectivity index (χ1n) is 4.30. The Morgan fingerprint density at radius 2 is 1.93 bits per heavy atom. The molecule has 0 radical (unpaired) electrons. The summed E-state index contributed by atoms with van der Waals surface area (Å²) in [6, 6.07) is 3.88. The van der Waals surface area contributed by atoms with Crippen molar-refractivity contribution in [2.75, 3.05) is 0 Å². The highest BCUT2D eigenvalue weighted by atomic mass is 19.3. The molecular formula is C10H10F3N. The van der Waals surface area contributed by atoms with Gasteiger partial charge in [0.25, 0.3) is 5.92 Å². The summed E-state index contributed by atoms with van der Waals surface area (Å²) in [7, 11) is 0. The highest BCUT2D eigenvalue weighted by molar-refractivity contribution is 5.38. The molecule has 1 aromatic rings. The van der Waals surface area contributed by atoms with Crippen LogP contribution >= 0.6 is 0 Å². The average Bonchev–Trinajstić information content (AvgIpc) is 2.58. The Morgan fingerprint density at radius 3 is 2.36 bits per heavy atom. The zero-order valence-electron chi connectivity index (χ0n) is 7.65. The predicted molar refractivity (Wildman–Crippen MR) is 46.6 cm³/mol. The Kier molecular flexibility index (Phi) is 1.71. The predicted octanol–water partition coefficient (Wildman–Crippen LogP) is 2.33. The molecule has 0 bridgehead atoms. The van der Waals surface area contributed by atoms with Crippen LogP contribution < -0.4 is 5.73 Å². The Bertz CT molecular complexity index is 389. The maximum Gasteiger partial charge on any atom is 0.272 e. The minimum Gasteiger partial charge on any atom is -0.316 e. The van der Waals surface area contributed by atoms with Gasteiger partial charge in [0, 0.05) is 6.42 Å². The van der Waals surface area contributed by atoms with Crippen LogP contribution in [0.15, 0.2) is 18.2 Å². The molecule has 1 unspecified atom stereocenters. The Labute approximate surface area is 79.7 Å². The SMILES string of the molecule is Cc1cc(C2(N)CC2(F)F)ccc1F. The standard InChI is InChI=1S/C10H10F3N/c1-6-4-7(2-3-8(6)11)9(14)5-10(9,12)13/h2-4H,5,14H2,1H3. The van der Waals surface area contributed by atoms with Gasteiger partial charge in [0.2, 0.25) is 0 Å². The lowest BCUT2D eigenvalue weighted by molar-refractivity contribution is 0.0891. The van der Waals surface area contributed by atoms with E-state index < -0.39 is 17.3 Å². The zero-order chi connectivity index (χ0) is 10.6. The monoisotopic (exact) mass is 201 g/mol. The van der Waals surface area contributed by atoms with Crippen LogP contribution in [0.25, 0.3) is 0 Å². The third-order valence-corrected chi connectivity index (χ3v) is 2.70. The van der Waals surface area contributed by atoms with Crippen LogP contribution in [0.1, 0.15) is 17.5 Å². The van der Waals surface area contributed by atoms with E-state index in [1.54, 1.807) is 0 Å². The van der Waals surface area contributed by atoms with Gasteiger partial charge in [-0.2, -0.15) is 0 Å². The molecule has 1 aliphatic carbocycles. The molecule has 0 saturated heterocycles. The van der Waals surface area contributed by atoms with E-state index in [9.17, 15) is 13.2 Å². The van der Waals surface area contributed by atoms with Gasteiger partial charge in [-0.15, -0.1) is 0 Å². The van der Waals surface area contributed by atoms with Gasteiger partial charge in [-0.1, -0.05) is 12.1 Å². The van der Waals surface area contributed by atoms with Gasteiger partial charge in [0.05, 0.1) is 0 Å². The van der Waals surface area contributed by atoms with Gasteiger partial charge >= 0.3 is 0 Å². The minimum atomic E-state index is -2.85. The highest BCUT2D eigenvalue weighted by Gasteiger charge is 2.69. The third kappa shape index (κ3) is 1.14. The summed E-state index contributed by atoms with van der Waals surface area (Å²) in [5, 5.41) is 0. The molecule has 4 heteroatoms.